The van der Waals surface area contributed by atoms with Crippen LogP contribution in [0.1, 0.15) is 57.6 Å². The average Bonchev–Trinajstić information content (AvgIpc) is 3.53. The van der Waals surface area contributed by atoms with Crippen LogP contribution in [-0.2, 0) is 15.9 Å². The lowest BCUT2D eigenvalue weighted by Gasteiger charge is -2.35. The highest BCUT2D eigenvalue weighted by Gasteiger charge is 2.26. The Morgan fingerprint density at radius 2 is 2.03 bits per heavy atom. The third-order valence-corrected chi connectivity index (χ3v) is 7.13. The molecular weight excluding hydrogens is 531 g/mol. The van der Waals surface area contributed by atoms with E-state index < -0.39 is 0 Å². The van der Waals surface area contributed by atoms with E-state index in [-0.39, 0.29) is 24.0 Å². The van der Waals surface area contributed by atoms with Crippen molar-refractivity contribution in [2.24, 2.45) is 4.99 Å². The van der Waals surface area contributed by atoms with Crippen molar-refractivity contribution >= 4 is 29.9 Å². The number of hydrogen-bond donors (Lipinski definition) is 1. The van der Waals surface area contributed by atoms with Gasteiger partial charge in [-0.15, -0.1) is 24.0 Å². The van der Waals surface area contributed by atoms with E-state index in [2.05, 4.69) is 22.0 Å². The Morgan fingerprint density at radius 1 is 1.15 bits per heavy atom. The fourth-order valence-corrected chi connectivity index (χ4v) is 5.15. The van der Waals surface area contributed by atoms with Crippen LogP contribution < -0.4 is 5.32 Å². The van der Waals surface area contributed by atoms with Crippen molar-refractivity contribution in [2.75, 3.05) is 52.5 Å². The van der Waals surface area contributed by atoms with Gasteiger partial charge < -0.3 is 24.1 Å². The minimum atomic E-state index is 0. The highest BCUT2D eigenvalue weighted by molar-refractivity contribution is 14.0. The number of furan rings is 1. The number of likely N-dealkylation sites (N-methyl/N-ethyl adjacent to an activating group) is 1. The Balaban J connectivity index is 0.00000306. The van der Waals surface area contributed by atoms with Gasteiger partial charge in [0.15, 0.2) is 5.96 Å². The number of piperidine rings is 1. The molecule has 0 spiro atoms. The van der Waals surface area contributed by atoms with E-state index in [4.69, 9.17) is 18.9 Å². The zero-order chi connectivity index (χ0) is 22.0. The Morgan fingerprint density at radius 3 is 2.76 bits per heavy atom. The molecule has 33 heavy (non-hydrogen) atoms. The van der Waals surface area contributed by atoms with Gasteiger partial charge in [-0.2, -0.15) is 0 Å². The van der Waals surface area contributed by atoms with Gasteiger partial charge in [0, 0.05) is 38.7 Å². The third-order valence-electron chi connectivity index (χ3n) is 7.13. The predicted molar refractivity (Wildman–Crippen MR) is 143 cm³/mol. The number of nitrogens with zero attached hydrogens (tertiary/aromatic N) is 3. The number of guanidine groups is 1. The number of aliphatic imine (C=N–C) groups is 1. The van der Waals surface area contributed by atoms with Crippen LogP contribution in [0, 0.1) is 0 Å². The first-order valence-electron chi connectivity index (χ1n) is 12.8. The summed E-state index contributed by atoms with van der Waals surface area (Å²) in [4.78, 5) is 10.1. The van der Waals surface area contributed by atoms with Crippen molar-refractivity contribution in [3.63, 3.8) is 0 Å². The number of hydrogen-bond acceptors (Lipinski definition) is 5. The molecule has 1 aromatic rings. The van der Waals surface area contributed by atoms with Gasteiger partial charge >= 0.3 is 0 Å². The topological polar surface area (TPSA) is 62.5 Å². The zero-order valence-corrected chi connectivity index (χ0v) is 22.6. The lowest BCUT2D eigenvalue weighted by molar-refractivity contribution is -0.0721. The second kappa shape index (κ2) is 14.5. The molecule has 2 unspecified atom stereocenters. The van der Waals surface area contributed by atoms with Crippen molar-refractivity contribution in [1.29, 1.82) is 0 Å². The minimum Gasteiger partial charge on any atom is -0.469 e. The van der Waals surface area contributed by atoms with Crippen LogP contribution in [0.3, 0.4) is 0 Å². The van der Waals surface area contributed by atoms with Gasteiger partial charge in [-0.25, -0.2) is 0 Å². The molecule has 3 saturated heterocycles. The summed E-state index contributed by atoms with van der Waals surface area (Å²) < 4.78 is 17.5. The van der Waals surface area contributed by atoms with E-state index in [0.29, 0.717) is 18.2 Å². The van der Waals surface area contributed by atoms with Gasteiger partial charge in [-0.3, -0.25) is 9.89 Å². The first-order chi connectivity index (χ1) is 15.8. The summed E-state index contributed by atoms with van der Waals surface area (Å²) >= 11 is 0. The van der Waals surface area contributed by atoms with Crippen LogP contribution in [-0.4, -0.2) is 86.5 Å². The predicted octanol–water partition coefficient (Wildman–Crippen LogP) is 3.92. The van der Waals surface area contributed by atoms with Crippen molar-refractivity contribution in [3.05, 3.63) is 24.2 Å². The van der Waals surface area contributed by atoms with E-state index in [9.17, 15) is 0 Å². The largest absolute Gasteiger partial charge is 0.469 e. The molecule has 3 fully saturated rings. The smallest absolute Gasteiger partial charge is 0.193 e. The Kier molecular flexibility index (Phi) is 11.8. The molecule has 0 aromatic carbocycles. The Labute approximate surface area is 216 Å². The zero-order valence-electron chi connectivity index (χ0n) is 20.3. The van der Waals surface area contributed by atoms with Crippen LogP contribution in [0.4, 0.5) is 0 Å². The van der Waals surface area contributed by atoms with Gasteiger partial charge in [-0.1, -0.05) is 6.92 Å². The number of nitrogens with one attached hydrogen (secondary N) is 1. The first kappa shape index (κ1) is 26.8. The monoisotopic (exact) mass is 574 g/mol. The molecule has 188 valence electrons. The molecule has 7 nitrogen and oxygen atoms in total. The van der Waals surface area contributed by atoms with Gasteiger partial charge in [0.25, 0.3) is 0 Å². The van der Waals surface area contributed by atoms with E-state index in [1.807, 2.05) is 12.1 Å². The molecule has 3 aliphatic rings. The quantitative estimate of drug-likeness (QED) is 0.274. The van der Waals surface area contributed by atoms with E-state index in [1.165, 1.54) is 32.2 Å². The number of halogens is 1. The Hall–Kier alpha value is -0.840. The molecule has 0 aliphatic carbocycles. The average molecular weight is 575 g/mol. The highest BCUT2D eigenvalue weighted by Crippen LogP contribution is 2.19. The molecule has 1 aromatic heterocycles. The van der Waals surface area contributed by atoms with E-state index in [1.54, 1.807) is 6.26 Å². The van der Waals surface area contributed by atoms with Crippen molar-refractivity contribution in [3.8, 4) is 0 Å². The number of ether oxygens (including phenoxy) is 2. The fourth-order valence-electron chi connectivity index (χ4n) is 5.15. The van der Waals surface area contributed by atoms with Gasteiger partial charge in [0.2, 0.25) is 0 Å². The van der Waals surface area contributed by atoms with Crippen LogP contribution >= 0.6 is 24.0 Å². The third kappa shape index (κ3) is 8.40. The molecule has 0 bridgehead atoms. The summed E-state index contributed by atoms with van der Waals surface area (Å²) in [6, 6.07) is 4.57. The molecule has 3 aliphatic heterocycles. The lowest BCUT2D eigenvalue weighted by atomic mass is 10.1. The summed E-state index contributed by atoms with van der Waals surface area (Å²) in [5.74, 6) is 2.07. The molecule has 0 radical (unpaired) electrons. The van der Waals surface area contributed by atoms with Crippen LogP contribution in [0.2, 0.25) is 0 Å². The molecule has 4 rings (SSSR count). The second-order valence-corrected chi connectivity index (χ2v) is 9.35. The normalized spacial score (nSPS) is 25.2. The number of likely N-dealkylation sites (tertiary alicyclic amines) is 2. The standard InChI is InChI=1S/C25H42N4O3.HI/c1-2-28-14-5-7-21(28)19-27-25(26-13-10-22-9-6-18-30-22)29-15-11-23(12-16-29)32-20-24-8-3-4-17-31-24;/h6,9,18,21,23-24H,2-5,7-8,10-17,19-20H2,1H3,(H,26,27);1H. The SMILES string of the molecule is CCN1CCCC1CN=C(NCCc1ccco1)N1CCC(OCC2CCCCO2)CC1.I. The van der Waals surface area contributed by atoms with Gasteiger partial charge in [0.1, 0.15) is 5.76 Å². The van der Waals surface area contributed by atoms with Crippen molar-refractivity contribution < 1.29 is 13.9 Å². The lowest BCUT2D eigenvalue weighted by Crippen LogP contribution is -2.48. The summed E-state index contributed by atoms with van der Waals surface area (Å²) in [7, 11) is 0. The van der Waals surface area contributed by atoms with Gasteiger partial charge in [-0.05, 0) is 70.2 Å². The van der Waals surface area contributed by atoms with Crippen LogP contribution in [0.5, 0.6) is 0 Å². The van der Waals surface area contributed by atoms with E-state index in [0.717, 1.165) is 83.3 Å². The molecule has 2 atom stereocenters. The minimum absolute atomic E-state index is 0. The molecule has 8 heteroatoms. The van der Waals surface area contributed by atoms with Crippen LogP contribution in [0.25, 0.3) is 0 Å². The molecule has 4 heterocycles. The fraction of sp³-hybridized carbons (Fsp3) is 0.800. The summed E-state index contributed by atoms with van der Waals surface area (Å²) in [6.07, 6.45) is 11.5. The molecule has 1 N–H and O–H groups in total. The summed E-state index contributed by atoms with van der Waals surface area (Å²) in [5, 5.41) is 3.62. The number of rotatable bonds is 9. The molecule has 0 saturated carbocycles. The maximum Gasteiger partial charge on any atom is 0.193 e. The molecule has 0 amide bonds. The van der Waals surface area contributed by atoms with Crippen molar-refractivity contribution in [2.45, 2.75) is 76.5 Å². The van der Waals surface area contributed by atoms with Crippen molar-refractivity contribution in [1.82, 2.24) is 15.1 Å². The highest BCUT2D eigenvalue weighted by atomic mass is 127. The maximum atomic E-state index is 6.22. The van der Waals surface area contributed by atoms with Crippen LogP contribution in [0.15, 0.2) is 27.8 Å². The summed E-state index contributed by atoms with van der Waals surface area (Å²) in [5.41, 5.74) is 0. The van der Waals surface area contributed by atoms with Gasteiger partial charge in [0.05, 0.1) is 31.6 Å². The first-order valence-corrected chi connectivity index (χ1v) is 12.8. The van der Waals surface area contributed by atoms with E-state index >= 15 is 0 Å². The second-order valence-electron chi connectivity index (χ2n) is 9.35. The summed E-state index contributed by atoms with van der Waals surface area (Å²) in [6.45, 7) is 9.94. The Bertz CT molecular complexity index is 673. The maximum absolute atomic E-state index is 6.22. The molecular formula is C25H43IN4O3.